The molecule has 15 heavy (non-hydrogen) atoms. The predicted octanol–water partition coefficient (Wildman–Crippen LogP) is 1.22. The van der Waals surface area contributed by atoms with Crippen molar-refractivity contribution in [3.63, 3.8) is 0 Å². The summed E-state index contributed by atoms with van der Waals surface area (Å²) in [5.41, 5.74) is 6.30. The van der Waals surface area contributed by atoms with Gasteiger partial charge in [0.2, 0.25) is 0 Å². The molecule has 2 N–H and O–H groups in total. The Bertz CT molecular complexity index is 338. The van der Waals surface area contributed by atoms with Crippen LogP contribution in [-0.4, -0.2) is 26.9 Å². The standard InChI is InChI=1S/C11H15NO2S/c1-13-5-6-14-8-11-7-10(9-15-11)3-2-4-12/h7,9H,4-6,8,12H2,1H3. The smallest absolute Gasteiger partial charge is 0.0810 e. The SMILES string of the molecule is COCCOCc1cc(C#CCN)cs1. The van der Waals surface area contributed by atoms with Crippen LogP contribution in [0.1, 0.15) is 10.4 Å². The molecule has 82 valence electrons. The van der Waals surface area contributed by atoms with Crippen LogP contribution in [0, 0.1) is 11.8 Å². The van der Waals surface area contributed by atoms with Gasteiger partial charge in [-0.1, -0.05) is 11.8 Å². The van der Waals surface area contributed by atoms with Crippen LogP contribution in [0.4, 0.5) is 0 Å². The van der Waals surface area contributed by atoms with Gasteiger partial charge in [-0.25, -0.2) is 0 Å². The molecule has 3 nitrogen and oxygen atoms in total. The third-order valence-corrected chi connectivity index (χ3v) is 2.57. The fourth-order valence-corrected chi connectivity index (χ4v) is 1.74. The summed E-state index contributed by atoms with van der Waals surface area (Å²) in [7, 11) is 1.66. The molecular weight excluding hydrogens is 210 g/mol. The van der Waals surface area contributed by atoms with E-state index in [1.54, 1.807) is 18.4 Å². The Morgan fingerprint density at radius 3 is 3.07 bits per heavy atom. The van der Waals surface area contributed by atoms with Gasteiger partial charge in [-0.15, -0.1) is 11.3 Å². The molecule has 0 unspecified atom stereocenters. The first-order valence-corrected chi connectivity index (χ1v) is 5.58. The maximum atomic E-state index is 5.39. The first kappa shape index (κ1) is 12.2. The average Bonchev–Trinajstić information content (AvgIpc) is 2.69. The second-order valence-electron chi connectivity index (χ2n) is 2.85. The van der Waals surface area contributed by atoms with Crippen LogP contribution in [-0.2, 0) is 16.1 Å². The van der Waals surface area contributed by atoms with Crippen molar-refractivity contribution in [2.75, 3.05) is 26.9 Å². The highest BCUT2D eigenvalue weighted by atomic mass is 32.1. The summed E-state index contributed by atoms with van der Waals surface area (Å²) in [6, 6.07) is 2.03. The maximum Gasteiger partial charge on any atom is 0.0810 e. The summed E-state index contributed by atoms with van der Waals surface area (Å²) in [6.45, 7) is 2.28. The molecule has 0 saturated heterocycles. The van der Waals surface area contributed by atoms with Crippen LogP contribution in [0.5, 0.6) is 0 Å². The van der Waals surface area contributed by atoms with E-state index in [4.69, 9.17) is 15.2 Å². The summed E-state index contributed by atoms with van der Waals surface area (Å²) >= 11 is 1.65. The van der Waals surface area contributed by atoms with E-state index in [2.05, 4.69) is 11.8 Å². The lowest BCUT2D eigenvalue weighted by Crippen LogP contribution is -2.00. The van der Waals surface area contributed by atoms with E-state index in [0.717, 1.165) is 5.56 Å². The van der Waals surface area contributed by atoms with Gasteiger partial charge in [0, 0.05) is 22.9 Å². The normalized spacial score (nSPS) is 9.73. The number of hydrogen-bond acceptors (Lipinski definition) is 4. The number of rotatable bonds is 5. The van der Waals surface area contributed by atoms with Crippen LogP contribution in [0.3, 0.4) is 0 Å². The van der Waals surface area contributed by atoms with Crippen molar-refractivity contribution in [3.05, 3.63) is 21.9 Å². The minimum atomic E-state index is 0.398. The Morgan fingerprint density at radius 1 is 1.47 bits per heavy atom. The van der Waals surface area contributed by atoms with Gasteiger partial charge >= 0.3 is 0 Å². The number of methoxy groups -OCH3 is 1. The van der Waals surface area contributed by atoms with Gasteiger partial charge in [-0.3, -0.25) is 0 Å². The van der Waals surface area contributed by atoms with E-state index in [1.165, 1.54) is 4.88 Å². The Morgan fingerprint density at radius 2 is 2.33 bits per heavy atom. The van der Waals surface area contributed by atoms with Gasteiger partial charge in [0.05, 0.1) is 26.4 Å². The van der Waals surface area contributed by atoms with Crippen molar-refractivity contribution >= 4 is 11.3 Å². The lowest BCUT2D eigenvalue weighted by Gasteiger charge is -1.99. The average molecular weight is 225 g/mol. The number of nitrogens with two attached hydrogens (primary N) is 1. The van der Waals surface area contributed by atoms with Crippen molar-refractivity contribution in [3.8, 4) is 11.8 Å². The highest BCUT2D eigenvalue weighted by Crippen LogP contribution is 2.14. The van der Waals surface area contributed by atoms with Crippen LogP contribution in [0.2, 0.25) is 0 Å². The Hall–Kier alpha value is -0.860. The monoisotopic (exact) mass is 225 g/mol. The van der Waals surface area contributed by atoms with Crippen molar-refractivity contribution in [1.82, 2.24) is 0 Å². The van der Waals surface area contributed by atoms with Gasteiger partial charge in [-0.2, -0.15) is 0 Å². The molecule has 0 fully saturated rings. The highest BCUT2D eigenvalue weighted by Gasteiger charge is 1.97. The molecule has 0 atom stereocenters. The first-order valence-electron chi connectivity index (χ1n) is 4.70. The summed E-state index contributed by atoms with van der Waals surface area (Å²) < 4.78 is 10.3. The van der Waals surface area contributed by atoms with E-state index >= 15 is 0 Å². The quantitative estimate of drug-likeness (QED) is 0.605. The number of ether oxygens (including phenoxy) is 2. The molecule has 1 aromatic heterocycles. The van der Waals surface area contributed by atoms with E-state index in [-0.39, 0.29) is 0 Å². The first-order chi connectivity index (χ1) is 7.36. The molecule has 1 heterocycles. The van der Waals surface area contributed by atoms with Crippen LogP contribution in [0.25, 0.3) is 0 Å². The third-order valence-electron chi connectivity index (χ3n) is 1.66. The van der Waals surface area contributed by atoms with Gasteiger partial charge in [-0.05, 0) is 6.07 Å². The summed E-state index contributed by atoms with van der Waals surface area (Å²) in [6.07, 6.45) is 0. The fourth-order valence-electron chi connectivity index (χ4n) is 0.990. The van der Waals surface area contributed by atoms with Crippen LogP contribution >= 0.6 is 11.3 Å². The van der Waals surface area contributed by atoms with Gasteiger partial charge in [0.15, 0.2) is 0 Å². The maximum absolute atomic E-state index is 5.39. The molecule has 0 spiro atoms. The van der Waals surface area contributed by atoms with E-state index in [0.29, 0.717) is 26.4 Å². The molecule has 0 radical (unpaired) electrons. The molecule has 4 heteroatoms. The van der Waals surface area contributed by atoms with Crippen molar-refractivity contribution < 1.29 is 9.47 Å². The summed E-state index contributed by atoms with van der Waals surface area (Å²) in [5, 5.41) is 2.01. The minimum Gasteiger partial charge on any atom is -0.382 e. The third kappa shape index (κ3) is 4.96. The zero-order valence-corrected chi connectivity index (χ0v) is 9.60. The molecular formula is C11H15NO2S. The largest absolute Gasteiger partial charge is 0.382 e. The fraction of sp³-hybridized carbons (Fsp3) is 0.455. The van der Waals surface area contributed by atoms with Crippen molar-refractivity contribution in [2.45, 2.75) is 6.61 Å². The van der Waals surface area contributed by atoms with E-state index in [1.807, 2.05) is 11.4 Å². The second-order valence-corrected chi connectivity index (χ2v) is 3.85. The molecule has 0 bridgehead atoms. The zero-order valence-electron chi connectivity index (χ0n) is 8.79. The Kier molecular flexibility index (Phi) is 6.05. The topological polar surface area (TPSA) is 44.5 Å². The molecule has 1 aromatic rings. The van der Waals surface area contributed by atoms with Gasteiger partial charge in [0.1, 0.15) is 0 Å². The van der Waals surface area contributed by atoms with Crippen molar-refractivity contribution in [1.29, 1.82) is 0 Å². The lowest BCUT2D eigenvalue weighted by molar-refractivity contribution is 0.0628. The van der Waals surface area contributed by atoms with Crippen molar-refractivity contribution in [2.24, 2.45) is 5.73 Å². The molecule has 0 aliphatic heterocycles. The highest BCUT2D eigenvalue weighted by molar-refractivity contribution is 7.10. The Balaban J connectivity index is 2.33. The lowest BCUT2D eigenvalue weighted by atomic mass is 10.3. The summed E-state index contributed by atoms with van der Waals surface area (Å²) in [5.74, 6) is 5.80. The number of hydrogen-bond donors (Lipinski definition) is 1. The van der Waals surface area contributed by atoms with Crippen LogP contribution < -0.4 is 5.73 Å². The van der Waals surface area contributed by atoms with Crippen LogP contribution in [0.15, 0.2) is 11.4 Å². The van der Waals surface area contributed by atoms with Gasteiger partial charge < -0.3 is 15.2 Å². The van der Waals surface area contributed by atoms with E-state index < -0.39 is 0 Å². The molecule has 0 amide bonds. The van der Waals surface area contributed by atoms with E-state index in [9.17, 15) is 0 Å². The summed E-state index contributed by atoms with van der Waals surface area (Å²) in [4.78, 5) is 1.17. The zero-order chi connectivity index (χ0) is 10.9. The molecule has 0 aromatic carbocycles. The molecule has 0 aliphatic rings. The number of thiophene rings is 1. The Labute approximate surface area is 94.2 Å². The molecule has 0 saturated carbocycles. The molecule has 0 aliphatic carbocycles. The second kappa shape index (κ2) is 7.43. The minimum absolute atomic E-state index is 0.398. The van der Waals surface area contributed by atoms with Gasteiger partial charge in [0.25, 0.3) is 0 Å². The predicted molar refractivity (Wildman–Crippen MR) is 61.8 cm³/mol. The molecule has 1 rings (SSSR count).